The molecule has 1 aromatic heterocycles. The van der Waals surface area contributed by atoms with Gasteiger partial charge in [0.2, 0.25) is 0 Å². The Labute approximate surface area is 181 Å². The topological polar surface area (TPSA) is 58.6 Å². The van der Waals surface area contributed by atoms with Gasteiger partial charge in [-0.15, -0.1) is 0 Å². The number of amides is 1. The van der Waals surface area contributed by atoms with Crippen molar-refractivity contribution >= 4 is 53.7 Å². The first kappa shape index (κ1) is 21.8. The van der Waals surface area contributed by atoms with Crippen LogP contribution in [0.4, 0.5) is 0 Å². The number of hydrogen-bond acceptors (Lipinski definition) is 5. The Morgan fingerprint density at radius 1 is 1.21 bits per heavy atom. The van der Waals surface area contributed by atoms with E-state index in [4.69, 9.17) is 4.74 Å². The van der Waals surface area contributed by atoms with E-state index in [0.717, 1.165) is 46.2 Å². The van der Waals surface area contributed by atoms with E-state index in [1.165, 1.54) is 0 Å². The number of fused-ring (bicyclic) bond motifs is 2. The molecule has 1 amide bonds. The van der Waals surface area contributed by atoms with E-state index in [2.05, 4.69) is 30.1 Å². The molecule has 3 rings (SSSR count). The van der Waals surface area contributed by atoms with Gasteiger partial charge in [0.1, 0.15) is 0 Å². The van der Waals surface area contributed by atoms with Gasteiger partial charge in [0, 0.05) is 0 Å². The van der Waals surface area contributed by atoms with Crippen LogP contribution < -0.4 is 15.5 Å². The summed E-state index contributed by atoms with van der Waals surface area (Å²) in [5.74, 6) is 0.681. The van der Waals surface area contributed by atoms with Crippen molar-refractivity contribution in [3.05, 3.63) is 52.2 Å². The van der Waals surface area contributed by atoms with Gasteiger partial charge in [-0.3, -0.25) is 0 Å². The number of carbonyl (C=O) groups is 1. The number of carbonyl (C=O) groups excluding carboxylic acids is 1. The summed E-state index contributed by atoms with van der Waals surface area (Å²) >= 11 is 1.15. The molecule has 29 heavy (non-hydrogen) atoms. The molecular formula is C22H27AsN2O3S. The van der Waals surface area contributed by atoms with Crippen molar-refractivity contribution in [1.82, 2.24) is 10.2 Å². The second-order valence-corrected chi connectivity index (χ2v) is 10.9. The number of nitrogens with zero attached hydrogens (tertiary/aromatic N) is 1. The zero-order valence-corrected chi connectivity index (χ0v) is 19.9. The third-order valence-electron chi connectivity index (χ3n) is 5.15. The van der Waals surface area contributed by atoms with Gasteiger partial charge in [0.25, 0.3) is 0 Å². The molecule has 0 fully saturated rings. The monoisotopic (exact) mass is 474 g/mol. The average Bonchev–Trinajstić information content (AvgIpc) is 2.76. The second-order valence-electron chi connectivity index (χ2n) is 6.72. The van der Waals surface area contributed by atoms with Crippen molar-refractivity contribution in [3.63, 3.8) is 0 Å². The molecule has 1 N–H and O–H groups in total. The van der Waals surface area contributed by atoms with Crippen molar-refractivity contribution in [2.45, 2.75) is 23.9 Å². The molecule has 5 nitrogen and oxygen atoms in total. The van der Waals surface area contributed by atoms with Crippen LogP contribution in [0.2, 0.25) is 5.21 Å². The Morgan fingerprint density at radius 3 is 2.69 bits per heavy atom. The third-order valence-corrected chi connectivity index (χ3v) is 9.32. The first-order chi connectivity index (χ1) is 14.1. The maximum atomic E-state index is 13.1. The fourth-order valence-corrected chi connectivity index (χ4v) is 7.77. The molecule has 2 unspecified atom stereocenters. The summed E-state index contributed by atoms with van der Waals surface area (Å²) in [4.78, 5) is 26.9. The van der Waals surface area contributed by atoms with Crippen LogP contribution >= 0.6 is 11.3 Å². The van der Waals surface area contributed by atoms with Crippen LogP contribution in [-0.4, -0.2) is 53.8 Å². The Bertz CT molecular complexity index is 1050. The van der Waals surface area contributed by atoms with Crippen LogP contribution in [0.5, 0.6) is 5.75 Å². The summed E-state index contributed by atoms with van der Waals surface area (Å²) in [7, 11) is 1.60. The number of rotatable bonds is 10. The Hall–Kier alpha value is -1.88. The number of benzene rings is 2. The predicted octanol–water partition coefficient (Wildman–Crippen LogP) is 3.36. The Kier molecular flexibility index (Phi) is 7.70. The molecule has 3 aromatic rings. The molecule has 2 atom stereocenters. The predicted molar refractivity (Wildman–Crippen MR) is 124 cm³/mol. The van der Waals surface area contributed by atoms with E-state index in [1.54, 1.807) is 24.5 Å². The van der Waals surface area contributed by atoms with Crippen LogP contribution in [0.25, 0.3) is 20.2 Å². The Balaban J connectivity index is 2.02. The summed E-state index contributed by atoms with van der Waals surface area (Å²) in [5.41, 5.74) is 1.08. The van der Waals surface area contributed by atoms with E-state index in [9.17, 15) is 9.59 Å². The molecule has 154 valence electrons. The van der Waals surface area contributed by atoms with Gasteiger partial charge in [0.15, 0.2) is 0 Å². The van der Waals surface area contributed by atoms with E-state index >= 15 is 0 Å². The van der Waals surface area contributed by atoms with Crippen LogP contribution in [0.15, 0.2) is 41.2 Å². The quantitative estimate of drug-likeness (QED) is 0.278. The van der Waals surface area contributed by atoms with E-state index in [1.807, 2.05) is 24.3 Å². The normalized spacial score (nSPS) is 12.8. The van der Waals surface area contributed by atoms with E-state index in [-0.39, 0.29) is 10.3 Å². The van der Waals surface area contributed by atoms with Crippen LogP contribution in [0.1, 0.15) is 24.2 Å². The molecule has 7 heteroatoms. The van der Waals surface area contributed by atoms with Gasteiger partial charge < -0.3 is 0 Å². The molecule has 0 aliphatic rings. The maximum absolute atomic E-state index is 13.1. The molecule has 0 saturated heterocycles. The summed E-state index contributed by atoms with van der Waals surface area (Å²) in [6.45, 7) is 7.48. The zero-order valence-electron chi connectivity index (χ0n) is 17.0. The molecule has 0 saturated carbocycles. The van der Waals surface area contributed by atoms with Gasteiger partial charge in [-0.1, -0.05) is 0 Å². The third kappa shape index (κ3) is 4.82. The van der Waals surface area contributed by atoms with E-state index < -0.39 is 15.8 Å². The van der Waals surface area contributed by atoms with Gasteiger partial charge in [-0.25, -0.2) is 0 Å². The van der Waals surface area contributed by atoms with Crippen LogP contribution in [-0.2, 0) is 4.79 Å². The zero-order chi connectivity index (χ0) is 20.8. The van der Waals surface area contributed by atoms with Crippen molar-refractivity contribution in [1.29, 1.82) is 0 Å². The molecule has 2 aromatic carbocycles. The molecule has 0 radical (unpaired) electrons. The average molecular weight is 474 g/mol. The molecule has 0 aliphatic carbocycles. The number of nitrogens with one attached hydrogen (secondary N) is 1. The van der Waals surface area contributed by atoms with Gasteiger partial charge in [-0.05, 0) is 0 Å². The fraction of sp³-hybridized carbons (Fsp3) is 0.364. The first-order valence-electron chi connectivity index (χ1n) is 9.81. The summed E-state index contributed by atoms with van der Waals surface area (Å²) in [6.07, 6.45) is 0.791. The number of methoxy groups -OCH3 is 1. The van der Waals surface area contributed by atoms with Gasteiger partial charge in [0.05, 0.1) is 0 Å². The molecule has 0 bridgehead atoms. The van der Waals surface area contributed by atoms with Gasteiger partial charge in [-0.2, -0.15) is 0 Å². The number of ether oxygens (including phenoxy) is 1. The first-order valence-corrected chi connectivity index (χ1v) is 13.3. The summed E-state index contributed by atoms with van der Waals surface area (Å²) in [6, 6.07) is 11.5. The van der Waals surface area contributed by atoms with Crippen LogP contribution in [0, 0.1) is 0 Å². The SMILES string of the molecule is CCN(CC)CC[AsH]C(NC=O)c1cccc2c(=O)c3cc(OC)ccc3sc12. The standard InChI is InChI=1S/C22H27AsN2O3S/c1-4-25(5-2)12-11-23-22(24-14-26)17-8-6-7-16-20(27)18-13-15(28-3)9-10-19(18)29-21(16)17/h6-10,13-14,22-23H,4-5,11-12H2,1-3H3,(H,24,26). The molecule has 0 aliphatic heterocycles. The van der Waals surface area contributed by atoms with Crippen molar-refractivity contribution < 1.29 is 9.53 Å². The van der Waals surface area contributed by atoms with Crippen molar-refractivity contribution in [2.75, 3.05) is 26.7 Å². The van der Waals surface area contributed by atoms with Crippen molar-refractivity contribution in [2.24, 2.45) is 0 Å². The minimum atomic E-state index is -0.463. The number of hydrogen-bond donors (Lipinski definition) is 1. The van der Waals surface area contributed by atoms with Gasteiger partial charge >= 0.3 is 182 Å². The van der Waals surface area contributed by atoms with Crippen LogP contribution in [0.3, 0.4) is 0 Å². The molecular weight excluding hydrogens is 447 g/mol. The molecule has 0 spiro atoms. The fourth-order valence-electron chi connectivity index (χ4n) is 3.47. The molecule has 1 heterocycles. The van der Waals surface area contributed by atoms with Crippen molar-refractivity contribution in [3.8, 4) is 5.75 Å². The van der Waals surface area contributed by atoms with E-state index in [0.29, 0.717) is 16.5 Å². The Morgan fingerprint density at radius 2 is 2.00 bits per heavy atom. The summed E-state index contributed by atoms with van der Waals surface area (Å²) < 4.78 is 7.19. The summed E-state index contributed by atoms with van der Waals surface area (Å²) in [5, 5.41) is 5.51. The minimum absolute atomic E-state index is 0.0121. The second kappa shape index (κ2) is 10.2.